The summed E-state index contributed by atoms with van der Waals surface area (Å²) in [5, 5.41) is 3.00. The molecule has 1 aromatic rings. The van der Waals surface area contributed by atoms with Crippen molar-refractivity contribution >= 4 is 5.91 Å². The van der Waals surface area contributed by atoms with Crippen molar-refractivity contribution < 1.29 is 14.3 Å². The van der Waals surface area contributed by atoms with Gasteiger partial charge >= 0.3 is 0 Å². The number of carbonyl (C=O) groups is 1. The number of carbonyl (C=O) groups excluding carboxylic acids is 1. The van der Waals surface area contributed by atoms with Gasteiger partial charge in [0.2, 0.25) is 5.91 Å². The van der Waals surface area contributed by atoms with Gasteiger partial charge in [-0.25, -0.2) is 0 Å². The lowest BCUT2D eigenvalue weighted by molar-refractivity contribution is -0.122. The molecule has 0 bridgehead atoms. The van der Waals surface area contributed by atoms with E-state index >= 15 is 0 Å². The molecule has 146 valence electrons. The molecule has 1 heterocycles. The first kappa shape index (κ1) is 20.6. The summed E-state index contributed by atoms with van der Waals surface area (Å²) in [6, 6.07) is 6.10. The number of aryl methyl sites for hydroxylation is 1. The Morgan fingerprint density at radius 1 is 1.15 bits per heavy atom. The maximum atomic E-state index is 12.0. The second kappa shape index (κ2) is 10.4. The van der Waals surface area contributed by atoms with E-state index in [1.807, 2.05) is 6.07 Å². The SMILES string of the molecule is COc1cc(CCC2CCN(CC(=O)NCC(C)C)CC2)cc(OC)c1. The first-order valence-electron chi connectivity index (χ1n) is 9.71. The van der Waals surface area contributed by atoms with Gasteiger partial charge in [-0.15, -0.1) is 0 Å². The zero-order chi connectivity index (χ0) is 18.9. The highest BCUT2D eigenvalue weighted by atomic mass is 16.5. The van der Waals surface area contributed by atoms with Gasteiger partial charge < -0.3 is 14.8 Å². The zero-order valence-corrected chi connectivity index (χ0v) is 16.7. The molecule has 1 amide bonds. The first-order chi connectivity index (χ1) is 12.5. The van der Waals surface area contributed by atoms with E-state index in [1.54, 1.807) is 14.2 Å². The van der Waals surface area contributed by atoms with Crippen molar-refractivity contribution in [3.63, 3.8) is 0 Å². The third-order valence-electron chi connectivity index (χ3n) is 5.03. The van der Waals surface area contributed by atoms with Gasteiger partial charge in [0.05, 0.1) is 20.8 Å². The largest absolute Gasteiger partial charge is 0.497 e. The average molecular weight is 363 g/mol. The van der Waals surface area contributed by atoms with Crippen LogP contribution < -0.4 is 14.8 Å². The van der Waals surface area contributed by atoms with E-state index in [9.17, 15) is 4.79 Å². The number of hydrogen-bond donors (Lipinski definition) is 1. The lowest BCUT2D eigenvalue weighted by atomic mass is 9.90. The Morgan fingerprint density at radius 3 is 2.31 bits per heavy atom. The van der Waals surface area contributed by atoms with Gasteiger partial charge in [-0.2, -0.15) is 0 Å². The van der Waals surface area contributed by atoms with Gasteiger partial charge in [0.15, 0.2) is 0 Å². The molecule has 1 aliphatic heterocycles. The van der Waals surface area contributed by atoms with E-state index in [1.165, 1.54) is 24.8 Å². The Labute approximate surface area is 158 Å². The van der Waals surface area contributed by atoms with Crippen LogP contribution in [0, 0.1) is 11.8 Å². The van der Waals surface area contributed by atoms with Gasteiger partial charge in [-0.3, -0.25) is 9.69 Å². The van der Waals surface area contributed by atoms with Crippen LogP contribution in [0.4, 0.5) is 0 Å². The normalized spacial score (nSPS) is 15.9. The van der Waals surface area contributed by atoms with Crippen LogP contribution in [0.5, 0.6) is 11.5 Å². The maximum absolute atomic E-state index is 12.0. The molecule has 0 aromatic heterocycles. The fraction of sp³-hybridized carbons (Fsp3) is 0.667. The van der Waals surface area contributed by atoms with Crippen LogP contribution in [0.2, 0.25) is 0 Å². The predicted octanol–water partition coefficient (Wildman–Crippen LogP) is 3.12. The summed E-state index contributed by atoms with van der Waals surface area (Å²) < 4.78 is 10.7. The number of benzene rings is 1. The summed E-state index contributed by atoms with van der Waals surface area (Å²) in [6.07, 6.45) is 4.54. The smallest absolute Gasteiger partial charge is 0.234 e. The molecular formula is C21H34N2O3. The number of nitrogens with one attached hydrogen (secondary N) is 1. The highest BCUT2D eigenvalue weighted by molar-refractivity contribution is 5.78. The molecule has 0 aliphatic carbocycles. The number of amides is 1. The lowest BCUT2D eigenvalue weighted by Gasteiger charge is -2.31. The molecule has 1 aliphatic rings. The Balaban J connectivity index is 1.73. The number of piperidine rings is 1. The lowest BCUT2D eigenvalue weighted by Crippen LogP contribution is -2.42. The number of hydrogen-bond acceptors (Lipinski definition) is 4. The van der Waals surface area contributed by atoms with E-state index in [0.717, 1.165) is 43.5 Å². The summed E-state index contributed by atoms with van der Waals surface area (Å²) in [6.45, 7) is 7.56. The van der Waals surface area contributed by atoms with Crippen LogP contribution in [0.15, 0.2) is 18.2 Å². The van der Waals surface area contributed by atoms with Crippen LogP contribution in [0.1, 0.15) is 38.7 Å². The van der Waals surface area contributed by atoms with Crippen LogP contribution in [0.3, 0.4) is 0 Å². The highest BCUT2D eigenvalue weighted by Gasteiger charge is 2.20. The summed E-state index contributed by atoms with van der Waals surface area (Å²) in [7, 11) is 3.37. The third kappa shape index (κ3) is 6.87. The van der Waals surface area contributed by atoms with Crippen molar-refractivity contribution in [1.29, 1.82) is 0 Å². The van der Waals surface area contributed by atoms with Gasteiger partial charge in [-0.05, 0) is 68.3 Å². The second-order valence-electron chi connectivity index (χ2n) is 7.68. The molecule has 0 radical (unpaired) electrons. The molecule has 26 heavy (non-hydrogen) atoms. The minimum Gasteiger partial charge on any atom is -0.497 e. The molecule has 5 heteroatoms. The highest BCUT2D eigenvalue weighted by Crippen LogP contribution is 2.26. The topological polar surface area (TPSA) is 50.8 Å². The molecule has 0 saturated carbocycles. The second-order valence-corrected chi connectivity index (χ2v) is 7.68. The van der Waals surface area contributed by atoms with Crippen LogP contribution in [0.25, 0.3) is 0 Å². The van der Waals surface area contributed by atoms with Gasteiger partial charge in [0.1, 0.15) is 11.5 Å². The van der Waals surface area contributed by atoms with Crippen molar-refractivity contribution in [2.45, 2.75) is 39.5 Å². The van der Waals surface area contributed by atoms with Crippen LogP contribution in [-0.2, 0) is 11.2 Å². The minimum atomic E-state index is 0.153. The van der Waals surface area contributed by atoms with Crippen molar-refractivity contribution in [2.75, 3.05) is 40.4 Å². The molecule has 2 rings (SSSR count). The van der Waals surface area contributed by atoms with Crippen molar-refractivity contribution in [1.82, 2.24) is 10.2 Å². The number of ether oxygens (including phenoxy) is 2. The fourth-order valence-electron chi connectivity index (χ4n) is 3.39. The van der Waals surface area contributed by atoms with Crippen molar-refractivity contribution in [3.8, 4) is 11.5 Å². The number of methoxy groups -OCH3 is 2. The standard InChI is InChI=1S/C21H34N2O3/c1-16(2)14-22-21(24)15-23-9-7-17(8-10-23)5-6-18-11-19(25-3)13-20(12-18)26-4/h11-13,16-17H,5-10,14-15H2,1-4H3,(H,22,24). The monoisotopic (exact) mass is 362 g/mol. The van der Waals surface area contributed by atoms with Gasteiger partial charge in [0, 0.05) is 12.6 Å². The number of nitrogens with zero attached hydrogens (tertiary/aromatic N) is 1. The van der Waals surface area contributed by atoms with Gasteiger partial charge in [-0.1, -0.05) is 13.8 Å². The Bertz CT molecular complexity index is 544. The Hall–Kier alpha value is -1.75. The summed E-state index contributed by atoms with van der Waals surface area (Å²) in [4.78, 5) is 14.2. The van der Waals surface area contributed by atoms with Crippen molar-refractivity contribution in [2.24, 2.45) is 11.8 Å². The van der Waals surface area contributed by atoms with E-state index in [2.05, 4.69) is 36.2 Å². The average Bonchev–Trinajstić information content (AvgIpc) is 2.65. The number of likely N-dealkylation sites (tertiary alicyclic amines) is 1. The Morgan fingerprint density at radius 2 is 1.77 bits per heavy atom. The molecule has 1 saturated heterocycles. The summed E-state index contributed by atoms with van der Waals surface area (Å²) >= 11 is 0. The molecular weight excluding hydrogens is 328 g/mol. The molecule has 1 fully saturated rings. The van der Waals surface area contributed by atoms with Crippen molar-refractivity contribution in [3.05, 3.63) is 23.8 Å². The summed E-state index contributed by atoms with van der Waals surface area (Å²) in [5.74, 6) is 3.07. The predicted molar refractivity (Wildman–Crippen MR) is 105 cm³/mol. The molecule has 1 N–H and O–H groups in total. The molecule has 0 atom stereocenters. The number of rotatable bonds is 9. The van der Waals surface area contributed by atoms with Crippen LogP contribution in [-0.4, -0.2) is 51.2 Å². The van der Waals surface area contributed by atoms with E-state index < -0.39 is 0 Å². The third-order valence-corrected chi connectivity index (χ3v) is 5.03. The molecule has 0 spiro atoms. The quantitative estimate of drug-likeness (QED) is 0.733. The van der Waals surface area contributed by atoms with E-state index in [0.29, 0.717) is 12.5 Å². The van der Waals surface area contributed by atoms with Gasteiger partial charge in [0.25, 0.3) is 0 Å². The van der Waals surface area contributed by atoms with Crippen LogP contribution >= 0.6 is 0 Å². The minimum absolute atomic E-state index is 0.153. The Kier molecular flexibility index (Phi) is 8.23. The van der Waals surface area contributed by atoms with E-state index in [-0.39, 0.29) is 5.91 Å². The molecule has 1 aromatic carbocycles. The molecule has 5 nitrogen and oxygen atoms in total. The molecule has 0 unspecified atom stereocenters. The maximum Gasteiger partial charge on any atom is 0.234 e. The fourth-order valence-corrected chi connectivity index (χ4v) is 3.39. The zero-order valence-electron chi connectivity index (χ0n) is 16.7. The first-order valence-corrected chi connectivity index (χ1v) is 9.71. The summed E-state index contributed by atoms with van der Waals surface area (Å²) in [5.41, 5.74) is 1.26. The van der Waals surface area contributed by atoms with E-state index in [4.69, 9.17) is 9.47 Å².